The molecule has 0 saturated carbocycles. The minimum absolute atomic E-state index is 0.883. The van der Waals surface area contributed by atoms with Crippen LogP contribution in [0.5, 0.6) is 5.75 Å². The third-order valence-electron chi connectivity index (χ3n) is 3.28. The monoisotopic (exact) mass is 267 g/mol. The number of rotatable bonds is 5. The second-order valence-corrected chi connectivity index (χ2v) is 4.80. The molecule has 0 aliphatic carbocycles. The molecule has 0 bridgehead atoms. The van der Waals surface area contributed by atoms with Crippen molar-refractivity contribution in [3.63, 3.8) is 0 Å². The standard InChI is InChI=1S/C18H21NO/c1-4-9-17(15-11-6-8-13-18(15)20-3)19-16-12-7-5-10-14(16)2/h5-8,10-13H,4,9H2,1-3H3/b19-17+. The lowest BCUT2D eigenvalue weighted by atomic mass is 10.0. The van der Waals surface area contributed by atoms with Crippen LogP contribution >= 0.6 is 0 Å². The van der Waals surface area contributed by atoms with E-state index in [0.717, 1.165) is 35.6 Å². The Bertz CT molecular complexity index is 602. The van der Waals surface area contributed by atoms with E-state index in [2.05, 4.69) is 32.0 Å². The number of ether oxygens (including phenoxy) is 1. The summed E-state index contributed by atoms with van der Waals surface area (Å²) in [6, 6.07) is 16.3. The van der Waals surface area contributed by atoms with Gasteiger partial charge in [-0.05, 0) is 37.1 Å². The third kappa shape index (κ3) is 3.27. The summed E-state index contributed by atoms with van der Waals surface area (Å²) in [4.78, 5) is 4.86. The van der Waals surface area contributed by atoms with Crippen molar-refractivity contribution in [3.8, 4) is 5.75 Å². The highest BCUT2D eigenvalue weighted by Gasteiger charge is 2.09. The Labute approximate surface area is 121 Å². The Kier molecular flexibility index (Phi) is 4.94. The van der Waals surface area contributed by atoms with Gasteiger partial charge in [0.05, 0.1) is 18.5 Å². The van der Waals surface area contributed by atoms with Crippen molar-refractivity contribution in [2.75, 3.05) is 7.11 Å². The molecular formula is C18H21NO. The van der Waals surface area contributed by atoms with E-state index in [1.807, 2.05) is 30.3 Å². The molecule has 104 valence electrons. The van der Waals surface area contributed by atoms with Crippen LogP contribution in [0.2, 0.25) is 0 Å². The molecule has 0 aliphatic rings. The normalized spacial score (nSPS) is 11.4. The smallest absolute Gasteiger partial charge is 0.127 e. The molecule has 0 aliphatic heterocycles. The minimum atomic E-state index is 0.883. The summed E-state index contributed by atoms with van der Waals surface area (Å²) in [5.41, 5.74) is 4.39. The van der Waals surface area contributed by atoms with Gasteiger partial charge in [-0.2, -0.15) is 0 Å². The van der Waals surface area contributed by atoms with Crippen molar-refractivity contribution in [2.45, 2.75) is 26.7 Å². The van der Waals surface area contributed by atoms with Crippen LogP contribution in [0.15, 0.2) is 53.5 Å². The zero-order valence-electron chi connectivity index (χ0n) is 12.4. The number of aryl methyl sites for hydroxylation is 1. The number of methoxy groups -OCH3 is 1. The molecule has 0 radical (unpaired) electrons. The number of hydrogen-bond acceptors (Lipinski definition) is 2. The second-order valence-electron chi connectivity index (χ2n) is 4.80. The minimum Gasteiger partial charge on any atom is -0.496 e. The molecule has 0 N–H and O–H groups in total. The molecule has 0 unspecified atom stereocenters. The molecule has 0 aromatic heterocycles. The summed E-state index contributed by atoms with van der Waals surface area (Å²) in [5, 5.41) is 0. The van der Waals surface area contributed by atoms with Crippen molar-refractivity contribution in [2.24, 2.45) is 4.99 Å². The molecular weight excluding hydrogens is 246 g/mol. The van der Waals surface area contributed by atoms with Crippen molar-refractivity contribution >= 4 is 11.4 Å². The Morgan fingerprint density at radius 1 is 1.05 bits per heavy atom. The predicted molar refractivity (Wildman–Crippen MR) is 85.3 cm³/mol. The molecule has 2 nitrogen and oxygen atoms in total. The van der Waals surface area contributed by atoms with Gasteiger partial charge in [0.25, 0.3) is 0 Å². The Balaban J connectivity index is 2.48. The molecule has 0 heterocycles. The molecule has 0 saturated heterocycles. The van der Waals surface area contributed by atoms with Gasteiger partial charge >= 0.3 is 0 Å². The molecule has 0 atom stereocenters. The summed E-state index contributed by atoms with van der Waals surface area (Å²) in [6.07, 6.45) is 2.00. The van der Waals surface area contributed by atoms with Crippen molar-refractivity contribution in [1.29, 1.82) is 0 Å². The predicted octanol–water partition coefficient (Wildman–Crippen LogP) is 4.92. The van der Waals surface area contributed by atoms with Gasteiger partial charge in [0.15, 0.2) is 0 Å². The highest BCUT2D eigenvalue weighted by Crippen LogP contribution is 2.25. The molecule has 2 aromatic rings. The van der Waals surface area contributed by atoms with E-state index in [-0.39, 0.29) is 0 Å². The highest BCUT2D eigenvalue weighted by molar-refractivity contribution is 6.04. The summed E-state index contributed by atoms with van der Waals surface area (Å²) < 4.78 is 5.46. The van der Waals surface area contributed by atoms with Gasteiger partial charge in [-0.15, -0.1) is 0 Å². The fourth-order valence-electron chi connectivity index (χ4n) is 2.20. The zero-order valence-corrected chi connectivity index (χ0v) is 12.4. The first-order valence-electron chi connectivity index (χ1n) is 7.02. The Hall–Kier alpha value is -2.09. The van der Waals surface area contributed by atoms with Gasteiger partial charge in [-0.3, -0.25) is 4.99 Å². The first-order valence-corrected chi connectivity index (χ1v) is 7.02. The molecule has 0 fully saturated rings. The third-order valence-corrected chi connectivity index (χ3v) is 3.28. The molecule has 20 heavy (non-hydrogen) atoms. The van der Waals surface area contributed by atoms with Crippen molar-refractivity contribution < 1.29 is 4.74 Å². The first kappa shape index (κ1) is 14.3. The van der Waals surface area contributed by atoms with Gasteiger partial charge < -0.3 is 4.74 Å². The molecule has 2 aromatic carbocycles. The first-order chi connectivity index (χ1) is 9.76. The van der Waals surface area contributed by atoms with Gasteiger partial charge in [0.2, 0.25) is 0 Å². The van der Waals surface area contributed by atoms with E-state index in [1.54, 1.807) is 7.11 Å². The molecule has 2 rings (SSSR count). The molecule has 0 spiro atoms. The van der Waals surface area contributed by atoms with Crippen LogP contribution in [0.1, 0.15) is 30.9 Å². The lowest BCUT2D eigenvalue weighted by Gasteiger charge is -2.11. The maximum atomic E-state index is 5.46. The van der Waals surface area contributed by atoms with Crippen LogP contribution in [0.4, 0.5) is 5.69 Å². The zero-order chi connectivity index (χ0) is 14.4. The largest absolute Gasteiger partial charge is 0.496 e. The SMILES string of the molecule is CCC/C(=N\c1ccccc1C)c1ccccc1OC. The fourth-order valence-corrected chi connectivity index (χ4v) is 2.20. The lowest BCUT2D eigenvalue weighted by Crippen LogP contribution is -2.03. The average molecular weight is 267 g/mol. The van der Waals surface area contributed by atoms with Gasteiger partial charge in [0, 0.05) is 5.56 Å². The van der Waals surface area contributed by atoms with Crippen LogP contribution in [-0.4, -0.2) is 12.8 Å². The summed E-state index contributed by atoms with van der Waals surface area (Å²) in [6.45, 7) is 4.26. The second kappa shape index (κ2) is 6.90. The lowest BCUT2D eigenvalue weighted by molar-refractivity contribution is 0.414. The van der Waals surface area contributed by atoms with E-state index in [9.17, 15) is 0 Å². The van der Waals surface area contributed by atoms with Crippen LogP contribution < -0.4 is 4.74 Å². The van der Waals surface area contributed by atoms with Crippen molar-refractivity contribution in [1.82, 2.24) is 0 Å². The van der Waals surface area contributed by atoms with E-state index in [0.29, 0.717) is 0 Å². The van der Waals surface area contributed by atoms with E-state index >= 15 is 0 Å². The van der Waals surface area contributed by atoms with Crippen LogP contribution in [0, 0.1) is 6.92 Å². The summed E-state index contributed by atoms with van der Waals surface area (Å²) >= 11 is 0. The van der Waals surface area contributed by atoms with E-state index in [4.69, 9.17) is 9.73 Å². The van der Waals surface area contributed by atoms with Crippen LogP contribution in [-0.2, 0) is 0 Å². The number of nitrogens with zero attached hydrogens (tertiary/aromatic N) is 1. The number of aliphatic imine (C=N–C) groups is 1. The topological polar surface area (TPSA) is 21.6 Å². The van der Waals surface area contributed by atoms with Crippen LogP contribution in [0.3, 0.4) is 0 Å². The Morgan fingerprint density at radius 3 is 2.45 bits per heavy atom. The van der Waals surface area contributed by atoms with Crippen molar-refractivity contribution in [3.05, 3.63) is 59.7 Å². The summed E-state index contributed by atoms with van der Waals surface area (Å²) in [5.74, 6) is 0.883. The molecule has 0 amide bonds. The van der Waals surface area contributed by atoms with Gasteiger partial charge in [-0.25, -0.2) is 0 Å². The fraction of sp³-hybridized carbons (Fsp3) is 0.278. The number of benzene rings is 2. The average Bonchev–Trinajstić information content (AvgIpc) is 2.49. The van der Waals surface area contributed by atoms with E-state index in [1.165, 1.54) is 5.56 Å². The number of para-hydroxylation sites is 2. The quantitative estimate of drug-likeness (QED) is 0.704. The maximum absolute atomic E-state index is 5.46. The van der Waals surface area contributed by atoms with Gasteiger partial charge in [-0.1, -0.05) is 43.7 Å². The number of hydrogen-bond donors (Lipinski definition) is 0. The summed E-state index contributed by atoms with van der Waals surface area (Å²) in [7, 11) is 1.70. The van der Waals surface area contributed by atoms with Gasteiger partial charge in [0.1, 0.15) is 5.75 Å². The maximum Gasteiger partial charge on any atom is 0.127 e. The Morgan fingerprint density at radius 2 is 1.75 bits per heavy atom. The van der Waals surface area contributed by atoms with E-state index < -0.39 is 0 Å². The molecule has 2 heteroatoms. The van der Waals surface area contributed by atoms with Crippen LogP contribution in [0.25, 0.3) is 0 Å². The highest BCUT2D eigenvalue weighted by atomic mass is 16.5.